The fraction of sp³-hybridized carbons (Fsp3) is 0.833. The Balaban J connectivity index is 2.39. The molecule has 1 atom stereocenters. The predicted octanol–water partition coefficient (Wildman–Crippen LogP) is 1.87. The van der Waals surface area contributed by atoms with Gasteiger partial charge in [0.05, 0.1) is 0 Å². The second kappa shape index (κ2) is 2.79. The van der Waals surface area contributed by atoms with E-state index in [1.807, 2.05) is 20.8 Å². The number of carbonyl (C=O) groups is 2. The summed E-state index contributed by atoms with van der Waals surface area (Å²) in [5, 5.41) is 0. The van der Waals surface area contributed by atoms with E-state index in [2.05, 4.69) is 0 Å². The number of cyclic esters (lactones) is 2. The van der Waals surface area contributed by atoms with Crippen LogP contribution in [0.4, 0.5) is 0 Å². The van der Waals surface area contributed by atoms with Crippen molar-refractivity contribution in [3.63, 3.8) is 0 Å². The van der Waals surface area contributed by atoms with E-state index >= 15 is 0 Å². The van der Waals surface area contributed by atoms with Gasteiger partial charge in [-0.05, 0) is 11.3 Å². The third-order valence-electron chi connectivity index (χ3n) is 4.06. The quantitative estimate of drug-likeness (QED) is 0.506. The van der Waals surface area contributed by atoms with Gasteiger partial charge in [0.25, 0.3) is 5.79 Å². The van der Waals surface area contributed by atoms with E-state index in [9.17, 15) is 9.59 Å². The number of ether oxygens (including phenoxy) is 2. The largest absolute Gasteiger partial charge is 0.422 e. The summed E-state index contributed by atoms with van der Waals surface area (Å²) in [5.41, 5.74) is -1.41. The molecule has 16 heavy (non-hydrogen) atoms. The van der Waals surface area contributed by atoms with Crippen LogP contribution < -0.4 is 0 Å². The molecule has 0 N–H and O–H groups in total. The molecule has 1 saturated carbocycles. The highest BCUT2D eigenvalue weighted by Gasteiger charge is 2.83. The minimum absolute atomic E-state index is 0.0242. The lowest BCUT2D eigenvalue weighted by atomic mass is 9.94. The zero-order valence-corrected chi connectivity index (χ0v) is 10.4. The van der Waals surface area contributed by atoms with Crippen LogP contribution in [0.5, 0.6) is 0 Å². The highest BCUT2D eigenvalue weighted by atomic mass is 16.7. The fourth-order valence-electron chi connectivity index (χ4n) is 3.21. The van der Waals surface area contributed by atoms with Gasteiger partial charge in [-0.15, -0.1) is 0 Å². The molecule has 4 heteroatoms. The molecule has 0 aromatic rings. The number of carbonyl (C=O) groups excluding carboxylic acids is 2. The molecular formula is C12H18O4. The lowest BCUT2D eigenvalue weighted by Crippen LogP contribution is -2.49. The minimum Gasteiger partial charge on any atom is -0.422 e. The summed E-state index contributed by atoms with van der Waals surface area (Å²) in [6.45, 7) is 8.96. The second-order valence-corrected chi connectivity index (χ2v) is 5.67. The van der Waals surface area contributed by atoms with E-state index in [4.69, 9.17) is 9.47 Å². The highest BCUT2D eigenvalue weighted by Crippen LogP contribution is 2.72. The van der Waals surface area contributed by atoms with Crippen molar-refractivity contribution >= 4 is 11.9 Å². The molecule has 0 aromatic heterocycles. The SMILES string of the molecule is CC[C@@H]1C(C)(C)C12C(=O)OC(C)(C)OC2=O. The molecule has 90 valence electrons. The van der Waals surface area contributed by atoms with E-state index < -0.39 is 23.1 Å². The van der Waals surface area contributed by atoms with E-state index in [0.29, 0.717) is 0 Å². The average Bonchev–Trinajstić information content (AvgIpc) is 2.58. The maximum absolute atomic E-state index is 12.1. The molecule has 2 aliphatic rings. The summed E-state index contributed by atoms with van der Waals surface area (Å²) < 4.78 is 10.4. The van der Waals surface area contributed by atoms with Gasteiger partial charge < -0.3 is 9.47 Å². The van der Waals surface area contributed by atoms with E-state index in [-0.39, 0.29) is 11.3 Å². The van der Waals surface area contributed by atoms with E-state index in [1.54, 1.807) is 13.8 Å². The van der Waals surface area contributed by atoms with Crippen molar-refractivity contribution in [1.29, 1.82) is 0 Å². The molecule has 4 nitrogen and oxygen atoms in total. The average molecular weight is 226 g/mol. The monoisotopic (exact) mass is 226 g/mol. The molecule has 0 unspecified atom stereocenters. The summed E-state index contributed by atoms with van der Waals surface area (Å²) >= 11 is 0. The van der Waals surface area contributed by atoms with Crippen molar-refractivity contribution in [2.24, 2.45) is 16.7 Å². The summed E-state index contributed by atoms with van der Waals surface area (Å²) in [6, 6.07) is 0. The smallest absolute Gasteiger partial charge is 0.327 e. The Morgan fingerprint density at radius 3 is 1.81 bits per heavy atom. The molecule has 1 aliphatic carbocycles. The molecule has 0 bridgehead atoms. The fourth-order valence-corrected chi connectivity index (χ4v) is 3.21. The Morgan fingerprint density at radius 2 is 1.50 bits per heavy atom. The predicted molar refractivity (Wildman–Crippen MR) is 56.3 cm³/mol. The Morgan fingerprint density at radius 1 is 1.06 bits per heavy atom. The zero-order valence-electron chi connectivity index (χ0n) is 10.4. The van der Waals surface area contributed by atoms with Crippen molar-refractivity contribution in [3.05, 3.63) is 0 Å². The van der Waals surface area contributed by atoms with Crippen molar-refractivity contribution in [1.82, 2.24) is 0 Å². The summed E-state index contributed by atoms with van der Waals surface area (Å²) in [7, 11) is 0. The third-order valence-corrected chi connectivity index (χ3v) is 4.06. The minimum atomic E-state index is -1.13. The topological polar surface area (TPSA) is 52.6 Å². The van der Waals surface area contributed by atoms with Crippen molar-refractivity contribution in [2.75, 3.05) is 0 Å². The molecular weight excluding hydrogens is 208 g/mol. The van der Waals surface area contributed by atoms with Gasteiger partial charge in [0.1, 0.15) is 0 Å². The van der Waals surface area contributed by atoms with Gasteiger partial charge in [0.2, 0.25) is 0 Å². The molecule has 1 spiro atoms. The summed E-state index contributed by atoms with van der Waals surface area (Å²) in [5.74, 6) is -1.96. The molecule has 1 aliphatic heterocycles. The molecule has 1 saturated heterocycles. The van der Waals surface area contributed by atoms with Gasteiger partial charge in [0.15, 0.2) is 5.41 Å². The maximum Gasteiger partial charge on any atom is 0.327 e. The first-order valence-electron chi connectivity index (χ1n) is 5.67. The molecule has 2 fully saturated rings. The van der Waals surface area contributed by atoms with Crippen molar-refractivity contribution in [2.45, 2.75) is 46.8 Å². The van der Waals surface area contributed by atoms with Crippen molar-refractivity contribution in [3.8, 4) is 0 Å². The van der Waals surface area contributed by atoms with Gasteiger partial charge in [-0.2, -0.15) is 0 Å². The van der Waals surface area contributed by atoms with E-state index in [0.717, 1.165) is 6.42 Å². The van der Waals surface area contributed by atoms with Crippen LogP contribution in [-0.4, -0.2) is 17.7 Å². The standard InChI is InChI=1S/C12H18O4/c1-6-7-10(2,3)12(7)8(13)15-11(4,5)16-9(12)14/h7H,6H2,1-5H3/t7-/m1/s1. The van der Waals surface area contributed by atoms with Gasteiger partial charge in [-0.3, -0.25) is 9.59 Å². The van der Waals surface area contributed by atoms with Crippen LogP contribution in [0.2, 0.25) is 0 Å². The van der Waals surface area contributed by atoms with Crippen LogP contribution in [0.25, 0.3) is 0 Å². The van der Waals surface area contributed by atoms with Crippen LogP contribution in [0.3, 0.4) is 0 Å². The van der Waals surface area contributed by atoms with Gasteiger partial charge in [-0.25, -0.2) is 0 Å². The van der Waals surface area contributed by atoms with Crippen LogP contribution in [-0.2, 0) is 19.1 Å². The Kier molecular flexibility index (Phi) is 1.99. The Labute approximate surface area is 95.3 Å². The third kappa shape index (κ3) is 1.05. The first-order valence-corrected chi connectivity index (χ1v) is 5.67. The number of hydrogen-bond donors (Lipinski definition) is 0. The summed E-state index contributed by atoms with van der Waals surface area (Å²) in [4.78, 5) is 24.1. The second-order valence-electron chi connectivity index (χ2n) is 5.67. The maximum atomic E-state index is 12.1. The molecule has 0 amide bonds. The van der Waals surface area contributed by atoms with Crippen LogP contribution in [0.15, 0.2) is 0 Å². The highest BCUT2D eigenvalue weighted by molar-refractivity contribution is 6.07. The normalized spacial score (nSPS) is 33.2. The summed E-state index contributed by atoms with van der Waals surface area (Å²) in [6.07, 6.45) is 0.775. The molecule has 0 radical (unpaired) electrons. The lowest BCUT2D eigenvalue weighted by molar-refractivity contribution is -0.245. The van der Waals surface area contributed by atoms with Crippen molar-refractivity contribution < 1.29 is 19.1 Å². The Bertz CT molecular complexity index is 347. The zero-order chi connectivity index (χ0) is 12.4. The van der Waals surface area contributed by atoms with Crippen LogP contribution >= 0.6 is 0 Å². The molecule has 0 aromatic carbocycles. The number of esters is 2. The lowest BCUT2D eigenvalue weighted by Gasteiger charge is -2.34. The van der Waals surface area contributed by atoms with Gasteiger partial charge in [0, 0.05) is 13.8 Å². The number of rotatable bonds is 1. The van der Waals surface area contributed by atoms with Gasteiger partial charge in [-0.1, -0.05) is 27.2 Å². The molecule has 1 heterocycles. The number of hydrogen-bond acceptors (Lipinski definition) is 4. The van der Waals surface area contributed by atoms with E-state index in [1.165, 1.54) is 0 Å². The Hall–Kier alpha value is -1.06. The first-order chi connectivity index (χ1) is 7.20. The van der Waals surface area contributed by atoms with Crippen LogP contribution in [0.1, 0.15) is 41.0 Å². The van der Waals surface area contributed by atoms with Crippen LogP contribution in [0, 0.1) is 16.7 Å². The first kappa shape index (κ1) is 11.4. The molecule has 2 rings (SSSR count). The van der Waals surface area contributed by atoms with Gasteiger partial charge >= 0.3 is 11.9 Å².